The Morgan fingerprint density at radius 1 is 0.488 bits per heavy atom. The Kier molecular flexibility index (Phi) is 6.21. The highest BCUT2D eigenvalue weighted by molar-refractivity contribution is 7.80. The van der Waals surface area contributed by atoms with Crippen LogP contribution in [0.15, 0.2) is 96.2 Å². The Balaban J connectivity index is 1.65. The molecule has 4 bridgehead atoms. The van der Waals surface area contributed by atoms with E-state index in [2.05, 4.69) is 12.6 Å². The van der Waals surface area contributed by atoms with Gasteiger partial charge in [0.2, 0.25) is 0 Å². The molecule has 208 valence electrons. The predicted molar refractivity (Wildman–Crippen MR) is 175 cm³/mol. The van der Waals surface area contributed by atoms with Gasteiger partial charge in [0.1, 0.15) is 11.6 Å². The van der Waals surface area contributed by atoms with Crippen LogP contribution in [-0.2, 0) is 0 Å². The predicted octanol–water partition coefficient (Wildman–Crippen LogP) is 5.65. The van der Waals surface area contributed by atoms with E-state index in [1.54, 1.807) is 24.5 Å². The molecule has 0 saturated carbocycles. The normalized spacial score (nSPS) is 11.3. The number of anilines is 4. The van der Waals surface area contributed by atoms with Gasteiger partial charge in [0.25, 0.3) is 0 Å². The number of nitrogen functional groups attached to an aromatic ring is 4. The van der Waals surface area contributed by atoms with Crippen LogP contribution in [0.4, 0.5) is 23.0 Å². The SMILES string of the molecule is Nc1cccc2c1-c1ncc3ccccc3c(N)nc3nc(ncc4ccc(S)cc4c(N)nc-2n1)-c1cccc(N)c1-3. The summed E-state index contributed by atoms with van der Waals surface area (Å²) in [7, 11) is 0. The van der Waals surface area contributed by atoms with Crippen molar-refractivity contribution in [1.82, 2.24) is 29.9 Å². The molecule has 0 radical (unpaired) electrons. The molecule has 8 N–H and O–H groups in total. The molecule has 5 aromatic rings. The molecule has 1 aromatic heterocycles. The molecule has 0 aliphatic carbocycles. The van der Waals surface area contributed by atoms with E-state index in [-0.39, 0.29) is 11.6 Å². The lowest BCUT2D eigenvalue weighted by Gasteiger charge is -2.03. The summed E-state index contributed by atoms with van der Waals surface area (Å²) in [5, 5.41) is 2.70. The topological polar surface area (TPSA) is 181 Å². The standard InChI is InChI=1S/C32H24N10S/c33-23-9-4-8-21-25(23)31-38-14-16-5-1-2-6-19(16)27(35)40-32-26-20(7-3-10-24(26)34)29(41-32)37-15-17-11-12-18(43)13-22(17)28(36)39-30(21)42-31/h1-15,43H,33-34H2,(H2,35,37,40,41)(H2,36,38,39,42). The number of hydrogen-bond donors (Lipinski definition) is 5. The van der Waals surface area contributed by atoms with Crippen LogP contribution in [-0.4, -0.2) is 29.9 Å². The summed E-state index contributed by atoms with van der Waals surface area (Å²) >= 11 is 4.53. The molecule has 43 heavy (non-hydrogen) atoms. The van der Waals surface area contributed by atoms with E-state index in [9.17, 15) is 0 Å². The van der Waals surface area contributed by atoms with E-state index < -0.39 is 0 Å². The molecule has 2 aliphatic heterocycles. The van der Waals surface area contributed by atoms with Crippen molar-refractivity contribution in [1.29, 1.82) is 0 Å². The summed E-state index contributed by atoms with van der Waals surface area (Å²) in [5.74, 6) is 2.05. The maximum atomic E-state index is 6.61. The third kappa shape index (κ3) is 4.57. The lowest BCUT2D eigenvalue weighted by Crippen LogP contribution is -1.94. The fourth-order valence-corrected chi connectivity index (χ4v) is 5.34. The number of benzene rings is 4. The number of fused-ring (bicyclic) bond motifs is 12. The molecule has 11 heteroatoms. The molecule has 0 saturated heterocycles. The molecular weight excluding hydrogens is 556 g/mol. The maximum Gasteiger partial charge on any atom is 0.166 e. The average molecular weight is 581 g/mol. The van der Waals surface area contributed by atoms with Crippen LogP contribution in [0, 0.1) is 0 Å². The highest BCUT2D eigenvalue weighted by atomic mass is 32.1. The minimum Gasteiger partial charge on any atom is -0.398 e. The van der Waals surface area contributed by atoms with Gasteiger partial charge in [0.05, 0.1) is 11.1 Å². The minimum atomic E-state index is 0.226. The van der Waals surface area contributed by atoms with Crippen LogP contribution in [0.2, 0.25) is 0 Å². The molecule has 0 amide bonds. The first-order chi connectivity index (χ1) is 20.9. The van der Waals surface area contributed by atoms with Crippen molar-refractivity contribution < 1.29 is 0 Å². The summed E-state index contributed by atoms with van der Waals surface area (Å²) in [6.07, 6.45) is 3.35. The van der Waals surface area contributed by atoms with Crippen LogP contribution < -0.4 is 22.9 Å². The Morgan fingerprint density at radius 2 is 1.07 bits per heavy atom. The lowest BCUT2D eigenvalue weighted by atomic mass is 10.1. The largest absolute Gasteiger partial charge is 0.398 e. The van der Waals surface area contributed by atoms with E-state index in [1.807, 2.05) is 66.7 Å². The van der Waals surface area contributed by atoms with Gasteiger partial charge >= 0.3 is 0 Å². The van der Waals surface area contributed by atoms with Gasteiger partial charge < -0.3 is 22.9 Å². The van der Waals surface area contributed by atoms with E-state index in [1.165, 1.54) is 0 Å². The number of aromatic nitrogens is 6. The summed E-state index contributed by atoms with van der Waals surface area (Å²) < 4.78 is 0. The quantitative estimate of drug-likeness (QED) is 0.111. The first-order valence-corrected chi connectivity index (χ1v) is 13.7. The average Bonchev–Trinajstić information content (AvgIpc) is 3.54. The van der Waals surface area contributed by atoms with E-state index in [4.69, 9.17) is 52.8 Å². The van der Waals surface area contributed by atoms with Gasteiger partial charge in [-0.15, -0.1) is 12.6 Å². The van der Waals surface area contributed by atoms with Crippen molar-refractivity contribution in [2.75, 3.05) is 22.9 Å². The molecule has 4 aromatic carbocycles. The zero-order valence-electron chi connectivity index (χ0n) is 22.6. The van der Waals surface area contributed by atoms with Crippen molar-refractivity contribution in [3.05, 3.63) is 91.3 Å². The Hall–Kier alpha value is -5.81. The maximum absolute atomic E-state index is 6.61. The van der Waals surface area contributed by atoms with Gasteiger partial charge in [-0.1, -0.05) is 54.6 Å². The van der Waals surface area contributed by atoms with Gasteiger partial charge in [0.15, 0.2) is 23.3 Å². The van der Waals surface area contributed by atoms with Gasteiger partial charge in [-0.25, -0.2) is 29.9 Å². The summed E-state index contributed by atoms with van der Waals surface area (Å²) in [6, 6.07) is 24.1. The van der Waals surface area contributed by atoms with Gasteiger partial charge in [-0.2, -0.15) is 0 Å². The third-order valence-electron chi connectivity index (χ3n) is 7.20. The number of nitrogens with two attached hydrogens (primary N) is 4. The van der Waals surface area contributed by atoms with Gasteiger partial charge in [-0.05, 0) is 24.3 Å². The van der Waals surface area contributed by atoms with E-state index >= 15 is 0 Å². The first-order valence-electron chi connectivity index (χ1n) is 13.3. The Labute approximate surface area is 251 Å². The van der Waals surface area contributed by atoms with Crippen molar-refractivity contribution >= 4 is 57.2 Å². The van der Waals surface area contributed by atoms with Crippen LogP contribution in [0.5, 0.6) is 0 Å². The molecule has 3 heterocycles. The zero-order valence-corrected chi connectivity index (χ0v) is 23.5. The van der Waals surface area contributed by atoms with E-state index in [0.29, 0.717) is 66.9 Å². The molecule has 7 rings (SSSR count). The highest BCUT2D eigenvalue weighted by Gasteiger charge is 2.22. The summed E-state index contributed by atoms with van der Waals surface area (Å²) in [4.78, 5) is 29.0. The molecule has 0 unspecified atom stereocenters. The van der Waals surface area contributed by atoms with Crippen LogP contribution in [0.25, 0.3) is 67.1 Å². The monoisotopic (exact) mass is 580 g/mol. The number of hydrogen-bond acceptors (Lipinski definition) is 11. The number of nitrogens with zero attached hydrogens (tertiary/aromatic N) is 6. The Morgan fingerprint density at radius 3 is 1.84 bits per heavy atom. The van der Waals surface area contributed by atoms with Gasteiger partial charge in [-0.3, -0.25) is 0 Å². The van der Waals surface area contributed by atoms with Crippen LogP contribution in [0.1, 0.15) is 0 Å². The number of thiol groups is 1. The van der Waals surface area contributed by atoms with Crippen LogP contribution in [0.3, 0.4) is 0 Å². The molecule has 0 spiro atoms. The molecular formula is C32H24N10S. The van der Waals surface area contributed by atoms with Crippen molar-refractivity contribution in [3.8, 4) is 45.6 Å². The highest BCUT2D eigenvalue weighted by Crippen LogP contribution is 2.39. The second-order valence-electron chi connectivity index (χ2n) is 9.93. The lowest BCUT2D eigenvalue weighted by molar-refractivity contribution is 1.20. The van der Waals surface area contributed by atoms with Crippen LogP contribution >= 0.6 is 12.6 Å². The summed E-state index contributed by atoms with van der Waals surface area (Å²) in [6.45, 7) is 0. The van der Waals surface area contributed by atoms with Gasteiger partial charge in [0, 0.05) is 61.3 Å². The van der Waals surface area contributed by atoms with Crippen molar-refractivity contribution in [3.63, 3.8) is 0 Å². The molecule has 2 aliphatic rings. The molecule has 0 fully saturated rings. The molecule has 10 nitrogen and oxygen atoms in total. The number of rotatable bonds is 0. The van der Waals surface area contributed by atoms with E-state index in [0.717, 1.165) is 16.5 Å². The fourth-order valence-electron chi connectivity index (χ4n) is 5.13. The Bertz CT molecular complexity index is 2220. The minimum absolute atomic E-state index is 0.226. The third-order valence-corrected chi connectivity index (χ3v) is 7.48. The zero-order chi connectivity index (χ0) is 29.7. The second kappa shape index (κ2) is 10.2. The fraction of sp³-hybridized carbons (Fsp3) is 0. The first kappa shape index (κ1) is 26.1. The van der Waals surface area contributed by atoms with Crippen molar-refractivity contribution in [2.24, 2.45) is 0 Å². The van der Waals surface area contributed by atoms with Crippen molar-refractivity contribution in [2.45, 2.75) is 4.90 Å². The smallest absolute Gasteiger partial charge is 0.166 e. The second-order valence-corrected chi connectivity index (χ2v) is 10.4. The molecule has 0 atom stereocenters. The summed E-state index contributed by atoms with van der Waals surface area (Å²) in [5.41, 5.74) is 29.8.